The van der Waals surface area contributed by atoms with Crippen molar-refractivity contribution in [2.75, 3.05) is 13.1 Å². The molecule has 1 heteroatoms. The third kappa shape index (κ3) is 2.31. The molecule has 0 N–H and O–H groups in total. The topological polar surface area (TPSA) is 3.24 Å². The number of rotatable bonds is 1. The normalized spacial score (nSPS) is 30.0. The molecule has 1 spiro atoms. The van der Waals surface area contributed by atoms with Crippen molar-refractivity contribution >= 4 is 0 Å². The van der Waals surface area contributed by atoms with Crippen LogP contribution in [0.5, 0.6) is 0 Å². The summed E-state index contributed by atoms with van der Waals surface area (Å²) in [4.78, 5) is 2.66. The molecule has 0 bridgehead atoms. The molecule has 14 heavy (non-hydrogen) atoms. The van der Waals surface area contributed by atoms with E-state index in [9.17, 15) is 0 Å². The second-order valence-electron chi connectivity index (χ2n) is 5.12. The van der Waals surface area contributed by atoms with Crippen LogP contribution in [-0.4, -0.2) is 24.0 Å². The van der Waals surface area contributed by atoms with Gasteiger partial charge in [-0.3, -0.25) is 0 Å². The van der Waals surface area contributed by atoms with Crippen LogP contribution in [-0.2, 0) is 0 Å². The number of piperidine rings is 1. The molecule has 0 amide bonds. The lowest BCUT2D eigenvalue weighted by molar-refractivity contribution is 0.0865. The Morgan fingerprint density at radius 1 is 1.21 bits per heavy atom. The number of nitrogens with zero attached hydrogens (tertiary/aromatic N) is 1. The van der Waals surface area contributed by atoms with Gasteiger partial charge in [-0.2, -0.15) is 0 Å². The summed E-state index contributed by atoms with van der Waals surface area (Å²) in [6, 6.07) is 0.759. The summed E-state index contributed by atoms with van der Waals surface area (Å²) < 4.78 is 0. The molecule has 2 rings (SSSR count). The summed E-state index contributed by atoms with van der Waals surface area (Å²) in [7, 11) is 0. The Kier molecular flexibility index (Phi) is 4.00. The van der Waals surface area contributed by atoms with Gasteiger partial charge in [-0.15, -0.1) is 0 Å². The van der Waals surface area contributed by atoms with Crippen molar-refractivity contribution < 1.29 is 0 Å². The van der Waals surface area contributed by atoms with Crippen molar-refractivity contribution in [3.63, 3.8) is 0 Å². The van der Waals surface area contributed by atoms with Gasteiger partial charge in [0.1, 0.15) is 0 Å². The maximum Gasteiger partial charge on any atom is 0.00432 e. The van der Waals surface area contributed by atoms with Gasteiger partial charge in [0.15, 0.2) is 0 Å². The summed E-state index contributed by atoms with van der Waals surface area (Å²) in [5.74, 6) is 0.993. The molecule has 1 saturated carbocycles. The molecule has 0 radical (unpaired) electrons. The van der Waals surface area contributed by atoms with E-state index in [0.717, 1.165) is 17.4 Å². The van der Waals surface area contributed by atoms with Gasteiger partial charge in [-0.1, -0.05) is 20.8 Å². The lowest BCUT2D eigenvalue weighted by Crippen LogP contribution is -2.44. The molecule has 1 aliphatic carbocycles. The van der Waals surface area contributed by atoms with E-state index in [1.54, 1.807) is 0 Å². The third-order valence-electron chi connectivity index (χ3n) is 4.04. The van der Waals surface area contributed by atoms with Crippen molar-refractivity contribution in [2.45, 2.75) is 59.9 Å². The van der Waals surface area contributed by atoms with Crippen LogP contribution in [0.15, 0.2) is 0 Å². The van der Waals surface area contributed by atoms with Crippen LogP contribution in [0.1, 0.15) is 53.9 Å². The fraction of sp³-hybridized carbons (Fsp3) is 1.00. The Morgan fingerprint density at radius 3 is 2.21 bits per heavy atom. The maximum atomic E-state index is 2.66. The fourth-order valence-corrected chi connectivity index (χ4v) is 2.56. The highest BCUT2D eigenvalue weighted by Gasteiger charge is 2.50. The highest BCUT2D eigenvalue weighted by molar-refractivity contribution is 5.02. The van der Waals surface area contributed by atoms with Gasteiger partial charge in [0, 0.05) is 12.6 Å². The molecular formula is C13H27N. The maximum absolute atomic E-state index is 2.66. The van der Waals surface area contributed by atoms with E-state index < -0.39 is 0 Å². The predicted octanol–water partition coefficient (Wildman–Crippen LogP) is 3.54. The van der Waals surface area contributed by atoms with Crippen molar-refractivity contribution in [1.29, 1.82) is 0 Å². The molecule has 2 aliphatic rings. The quantitative estimate of drug-likeness (QED) is 0.621. The molecule has 0 aromatic carbocycles. The summed E-state index contributed by atoms with van der Waals surface area (Å²) in [6.45, 7) is 13.8. The van der Waals surface area contributed by atoms with E-state index in [2.05, 4.69) is 25.7 Å². The molecule has 1 heterocycles. The van der Waals surface area contributed by atoms with Crippen LogP contribution in [0, 0.1) is 11.3 Å². The minimum atomic E-state index is 0.759. The summed E-state index contributed by atoms with van der Waals surface area (Å²) in [5.41, 5.74) is 0.766. The Balaban J connectivity index is 0.000000461. The van der Waals surface area contributed by atoms with Gasteiger partial charge in [0.25, 0.3) is 0 Å². The van der Waals surface area contributed by atoms with Crippen LogP contribution >= 0.6 is 0 Å². The molecule has 1 aliphatic heterocycles. The SMILES string of the molecule is CC.CC(C)N1CCC(C)C2(CC2)C1. The average molecular weight is 197 g/mol. The number of hydrogen-bond acceptors (Lipinski definition) is 1. The molecule has 84 valence electrons. The van der Waals surface area contributed by atoms with Crippen LogP contribution < -0.4 is 0 Å². The molecule has 1 nitrogen and oxygen atoms in total. The predicted molar refractivity (Wildman–Crippen MR) is 63.5 cm³/mol. The van der Waals surface area contributed by atoms with E-state index >= 15 is 0 Å². The van der Waals surface area contributed by atoms with E-state index in [0.29, 0.717) is 0 Å². The van der Waals surface area contributed by atoms with Gasteiger partial charge in [0.2, 0.25) is 0 Å². The van der Waals surface area contributed by atoms with Gasteiger partial charge < -0.3 is 4.90 Å². The van der Waals surface area contributed by atoms with Crippen LogP contribution in [0.4, 0.5) is 0 Å². The van der Waals surface area contributed by atoms with E-state index in [4.69, 9.17) is 0 Å². The molecule has 1 unspecified atom stereocenters. The molecule has 1 atom stereocenters. The summed E-state index contributed by atoms with van der Waals surface area (Å²) in [5, 5.41) is 0. The third-order valence-corrected chi connectivity index (χ3v) is 4.04. The zero-order valence-electron chi connectivity index (χ0n) is 10.6. The summed E-state index contributed by atoms with van der Waals surface area (Å²) in [6.07, 6.45) is 4.42. The zero-order valence-corrected chi connectivity index (χ0v) is 10.6. The molecule has 0 aromatic rings. The lowest BCUT2D eigenvalue weighted by Gasteiger charge is -2.39. The minimum absolute atomic E-state index is 0.759. The number of likely N-dealkylation sites (tertiary alicyclic amines) is 1. The molecule has 2 fully saturated rings. The van der Waals surface area contributed by atoms with Gasteiger partial charge in [-0.05, 0) is 51.0 Å². The van der Waals surface area contributed by atoms with Crippen LogP contribution in [0.3, 0.4) is 0 Å². The van der Waals surface area contributed by atoms with Gasteiger partial charge in [-0.25, -0.2) is 0 Å². The van der Waals surface area contributed by atoms with Crippen LogP contribution in [0.25, 0.3) is 0 Å². The minimum Gasteiger partial charge on any atom is -0.300 e. The highest BCUT2D eigenvalue weighted by Crippen LogP contribution is 2.55. The second-order valence-corrected chi connectivity index (χ2v) is 5.12. The smallest absolute Gasteiger partial charge is 0.00432 e. The Bertz CT molecular complexity index is 170. The van der Waals surface area contributed by atoms with Crippen molar-refractivity contribution in [1.82, 2.24) is 4.90 Å². The Morgan fingerprint density at radius 2 is 1.79 bits per heavy atom. The Labute approximate surface area is 89.9 Å². The van der Waals surface area contributed by atoms with Crippen LogP contribution in [0.2, 0.25) is 0 Å². The number of hydrogen-bond donors (Lipinski definition) is 0. The zero-order chi connectivity index (χ0) is 10.8. The first kappa shape index (κ1) is 12.0. The first-order valence-corrected chi connectivity index (χ1v) is 6.38. The monoisotopic (exact) mass is 197 g/mol. The molecule has 1 saturated heterocycles. The summed E-state index contributed by atoms with van der Waals surface area (Å²) >= 11 is 0. The largest absolute Gasteiger partial charge is 0.300 e. The Hall–Kier alpha value is -0.0400. The highest BCUT2D eigenvalue weighted by atomic mass is 15.2. The van der Waals surface area contributed by atoms with Crippen molar-refractivity contribution in [3.05, 3.63) is 0 Å². The first-order valence-electron chi connectivity index (χ1n) is 6.38. The fourth-order valence-electron chi connectivity index (χ4n) is 2.56. The standard InChI is InChI=1S/C11H21N.C2H6/c1-9(2)12-7-4-10(3)11(8-12)5-6-11;1-2/h9-10H,4-8H2,1-3H3;1-2H3. The molecule has 0 aromatic heterocycles. The molecular weight excluding hydrogens is 170 g/mol. The first-order chi connectivity index (χ1) is 6.64. The van der Waals surface area contributed by atoms with Gasteiger partial charge >= 0.3 is 0 Å². The van der Waals surface area contributed by atoms with E-state index in [1.165, 1.54) is 32.4 Å². The van der Waals surface area contributed by atoms with E-state index in [-0.39, 0.29) is 0 Å². The van der Waals surface area contributed by atoms with E-state index in [1.807, 2.05) is 13.8 Å². The lowest BCUT2D eigenvalue weighted by atomic mass is 9.83. The van der Waals surface area contributed by atoms with Crippen molar-refractivity contribution in [3.8, 4) is 0 Å². The van der Waals surface area contributed by atoms with Crippen molar-refractivity contribution in [2.24, 2.45) is 11.3 Å². The second kappa shape index (κ2) is 4.65. The average Bonchev–Trinajstić information content (AvgIpc) is 2.94. The van der Waals surface area contributed by atoms with Gasteiger partial charge in [0.05, 0.1) is 0 Å².